The van der Waals surface area contributed by atoms with Gasteiger partial charge < -0.3 is 10.1 Å². The molecule has 0 bridgehead atoms. The van der Waals surface area contributed by atoms with Crippen LogP contribution in [-0.2, 0) is 9.53 Å². The second-order valence-electron chi connectivity index (χ2n) is 5.84. The number of hydrogen-bond donors (Lipinski definition) is 1. The molecule has 1 aliphatic rings. The third-order valence-corrected chi connectivity index (χ3v) is 4.17. The van der Waals surface area contributed by atoms with E-state index in [4.69, 9.17) is 0 Å². The highest BCUT2D eigenvalue weighted by Crippen LogP contribution is 2.18. The fraction of sp³-hybridized carbons (Fsp3) is 0.444. The summed E-state index contributed by atoms with van der Waals surface area (Å²) in [6.07, 6.45) is 4.97. The van der Waals surface area contributed by atoms with Gasteiger partial charge in [0.2, 0.25) is 5.91 Å². The number of nitrogens with zero attached hydrogens (tertiary/aromatic N) is 1. The van der Waals surface area contributed by atoms with Crippen LogP contribution in [0.2, 0.25) is 0 Å². The summed E-state index contributed by atoms with van der Waals surface area (Å²) in [5.41, 5.74) is 0.343. The summed E-state index contributed by atoms with van der Waals surface area (Å²) in [7, 11) is 1.24. The number of esters is 1. The van der Waals surface area contributed by atoms with E-state index in [2.05, 4.69) is 10.1 Å². The fourth-order valence-electron chi connectivity index (χ4n) is 2.85. The summed E-state index contributed by atoms with van der Waals surface area (Å²) < 4.78 is 4.61. The minimum absolute atomic E-state index is 0.0244. The number of nitriles is 1. The zero-order chi connectivity index (χ0) is 17.5. The van der Waals surface area contributed by atoms with Crippen LogP contribution in [0.3, 0.4) is 0 Å². The molecule has 0 radical (unpaired) electrons. The van der Waals surface area contributed by atoms with Crippen molar-refractivity contribution in [2.24, 2.45) is 5.92 Å². The highest BCUT2D eigenvalue weighted by Gasteiger charge is 2.29. The molecule has 24 heavy (non-hydrogen) atoms. The minimum Gasteiger partial charge on any atom is -0.465 e. The molecule has 0 aliphatic heterocycles. The Bertz CT molecular complexity index is 672. The first-order valence-corrected chi connectivity index (χ1v) is 7.99. The van der Waals surface area contributed by atoms with Crippen LogP contribution in [0.4, 0.5) is 0 Å². The largest absolute Gasteiger partial charge is 0.465 e. The maximum Gasteiger partial charge on any atom is 0.337 e. The van der Waals surface area contributed by atoms with Crippen LogP contribution in [0.1, 0.15) is 52.8 Å². The van der Waals surface area contributed by atoms with Crippen molar-refractivity contribution in [3.05, 3.63) is 35.4 Å². The van der Waals surface area contributed by atoms with Crippen LogP contribution < -0.4 is 5.32 Å². The Morgan fingerprint density at radius 3 is 2.50 bits per heavy atom. The highest BCUT2D eigenvalue weighted by molar-refractivity contribution is 6.12. The zero-order valence-corrected chi connectivity index (χ0v) is 13.6. The van der Waals surface area contributed by atoms with Gasteiger partial charge in [0.05, 0.1) is 18.7 Å². The van der Waals surface area contributed by atoms with E-state index in [1.807, 2.05) is 0 Å². The number of Topliss-reactive ketones (excluding diaryl/α,β-unsaturated/α-hetero) is 1. The topological polar surface area (TPSA) is 96.3 Å². The van der Waals surface area contributed by atoms with E-state index in [1.54, 1.807) is 6.07 Å². The van der Waals surface area contributed by atoms with Gasteiger partial charge in [-0.1, -0.05) is 31.4 Å². The van der Waals surface area contributed by atoms with E-state index in [-0.39, 0.29) is 17.2 Å². The molecular weight excluding hydrogens is 308 g/mol. The van der Waals surface area contributed by atoms with Crippen LogP contribution >= 0.6 is 0 Å². The third-order valence-electron chi connectivity index (χ3n) is 4.17. The summed E-state index contributed by atoms with van der Waals surface area (Å²) in [6.45, 7) is 0. The molecule has 1 aliphatic carbocycles. The van der Waals surface area contributed by atoms with Gasteiger partial charge in [-0.3, -0.25) is 9.59 Å². The quantitative estimate of drug-likeness (QED) is 0.508. The Kier molecular flexibility index (Phi) is 6.07. The lowest BCUT2D eigenvalue weighted by Crippen LogP contribution is -2.42. The van der Waals surface area contributed by atoms with Gasteiger partial charge in [0, 0.05) is 11.6 Å². The summed E-state index contributed by atoms with van der Waals surface area (Å²) >= 11 is 0. The van der Waals surface area contributed by atoms with Crippen LogP contribution in [0.15, 0.2) is 24.3 Å². The Labute approximate surface area is 140 Å². The number of rotatable bonds is 5. The number of nitrogens with one attached hydrogen (secondary N) is 1. The van der Waals surface area contributed by atoms with Gasteiger partial charge in [-0.25, -0.2) is 4.79 Å². The molecule has 0 spiro atoms. The number of carbonyl (C=O) groups excluding carboxylic acids is 3. The number of hydrogen-bond acceptors (Lipinski definition) is 5. The smallest absolute Gasteiger partial charge is 0.337 e. The first-order valence-electron chi connectivity index (χ1n) is 7.99. The van der Waals surface area contributed by atoms with Gasteiger partial charge >= 0.3 is 5.97 Å². The van der Waals surface area contributed by atoms with Gasteiger partial charge in [-0.2, -0.15) is 5.26 Å². The Morgan fingerprint density at radius 1 is 1.21 bits per heavy atom. The fourth-order valence-corrected chi connectivity index (χ4v) is 2.85. The lowest BCUT2D eigenvalue weighted by atomic mass is 9.93. The van der Waals surface area contributed by atoms with Crippen molar-refractivity contribution in [2.75, 3.05) is 7.11 Å². The molecule has 1 aromatic carbocycles. The van der Waals surface area contributed by atoms with Crippen molar-refractivity contribution in [2.45, 2.75) is 38.1 Å². The molecule has 1 unspecified atom stereocenters. The normalized spacial score (nSPS) is 15.8. The molecule has 0 saturated heterocycles. The SMILES string of the molecule is COC(=O)c1cccc(C(=O)C(C#N)C(=O)NC2CCCCC2)c1. The van der Waals surface area contributed by atoms with Gasteiger partial charge in [0.1, 0.15) is 0 Å². The summed E-state index contributed by atoms with van der Waals surface area (Å²) in [5, 5.41) is 12.1. The highest BCUT2D eigenvalue weighted by atomic mass is 16.5. The second kappa shape index (κ2) is 8.25. The molecule has 1 aromatic rings. The van der Waals surface area contributed by atoms with Gasteiger partial charge in [-0.15, -0.1) is 0 Å². The molecule has 1 fully saturated rings. The maximum absolute atomic E-state index is 12.5. The van der Waals surface area contributed by atoms with E-state index in [1.165, 1.54) is 31.4 Å². The predicted octanol–water partition coefficient (Wildman–Crippen LogP) is 2.24. The molecule has 6 heteroatoms. The van der Waals surface area contributed by atoms with Crippen LogP contribution in [0.5, 0.6) is 0 Å². The standard InChI is InChI=1S/C18H20N2O4/c1-24-18(23)13-7-5-6-12(10-13)16(21)15(11-19)17(22)20-14-8-3-2-4-9-14/h5-7,10,14-15H,2-4,8-9H2,1H3,(H,20,22). The molecule has 6 nitrogen and oxygen atoms in total. The number of carbonyl (C=O) groups is 3. The maximum atomic E-state index is 12.5. The van der Waals surface area contributed by atoms with E-state index < -0.39 is 23.6 Å². The van der Waals surface area contributed by atoms with Crippen molar-refractivity contribution in [3.8, 4) is 6.07 Å². The Balaban J connectivity index is 2.12. The van der Waals surface area contributed by atoms with Gasteiger partial charge in [0.15, 0.2) is 11.7 Å². The van der Waals surface area contributed by atoms with E-state index in [0.717, 1.165) is 32.1 Å². The van der Waals surface area contributed by atoms with Crippen LogP contribution in [0, 0.1) is 17.2 Å². The third kappa shape index (κ3) is 4.19. The average molecular weight is 328 g/mol. The van der Waals surface area contributed by atoms with Crippen LogP contribution in [0.25, 0.3) is 0 Å². The average Bonchev–Trinajstić information content (AvgIpc) is 2.62. The number of methoxy groups -OCH3 is 1. The number of amides is 1. The zero-order valence-electron chi connectivity index (χ0n) is 13.6. The van der Waals surface area contributed by atoms with E-state index >= 15 is 0 Å². The van der Waals surface area contributed by atoms with Crippen molar-refractivity contribution in [1.82, 2.24) is 5.32 Å². The second-order valence-corrected chi connectivity index (χ2v) is 5.84. The van der Waals surface area contributed by atoms with Crippen molar-refractivity contribution >= 4 is 17.7 Å². The first kappa shape index (κ1) is 17.7. The summed E-state index contributed by atoms with van der Waals surface area (Å²) in [6, 6.07) is 7.64. The van der Waals surface area contributed by atoms with Crippen molar-refractivity contribution in [1.29, 1.82) is 5.26 Å². The van der Waals surface area contributed by atoms with Crippen molar-refractivity contribution in [3.63, 3.8) is 0 Å². The molecule has 0 aromatic heterocycles. The molecule has 126 valence electrons. The van der Waals surface area contributed by atoms with Gasteiger partial charge in [-0.05, 0) is 25.0 Å². The monoisotopic (exact) mass is 328 g/mol. The lowest BCUT2D eigenvalue weighted by molar-refractivity contribution is -0.123. The molecule has 2 rings (SSSR count). The van der Waals surface area contributed by atoms with Crippen molar-refractivity contribution < 1.29 is 19.1 Å². The molecule has 1 amide bonds. The first-order chi connectivity index (χ1) is 11.6. The minimum atomic E-state index is -1.42. The number of benzene rings is 1. The molecule has 1 N–H and O–H groups in total. The predicted molar refractivity (Wildman–Crippen MR) is 86.2 cm³/mol. The van der Waals surface area contributed by atoms with Crippen LogP contribution in [-0.4, -0.2) is 30.8 Å². The lowest BCUT2D eigenvalue weighted by Gasteiger charge is -2.23. The molecule has 1 saturated carbocycles. The van der Waals surface area contributed by atoms with E-state index in [9.17, 15) is 19.6 Å². The van der Waals surface area contributed by atoms with E-state index in [0.29, 0.717) is 0 Å². The summed E-state index contributed by atoms with van der Waals surface area (Å²) in [4.78, 5) is 36.3. The Morgan fingerprint density at radius 2 is 1.88 bits per heavy atom. The molecule has 1 atom stereocenters. The van der Waals surface area contributed by atoms with Gasteiger partial charge in [0.25, 0.3) is 0 Å². The molecule has 0 heterocycles. The summed E-state index contributed by atoms with van der Waals surface area (Å²) in [5.74, 6) is -3.18. The Hall–Kier alpha value is -2.68. The number of ether oxygens (including phenoxy) is 1. The molecular formula is C18H20N2O4. The number of ketones is 1.